The van der Waals surface area contributed by atoms with Crippen LogP contribution in [0.4, 0.5) is 0 Å². The molecule has 1 amide bonds. The second kappa shape index (κ2) is 5.53. The van der Waals surface area contributed by atoms with Gasteiger partial charge in [-0.1, -0.05) is 36.8 Å². The van der Waals surface area contributed by atoms with Gasteiger partial charge in [-0.05, 0) is 25.3 Å². The van der Waals surface area contributed by atoms with E-state index in [9.17, 15) is 4.79 Å². The molecule has 1 fully saturated rings. The summed E-state index contributed by atoms with van der Waals surface area (Å²) in [6, 6.07) is 10.2. The van der Waals surface area contributed by atoms with E-state index >= 15 is 0 Å². The van der Waals surface area contributed by atoms with Crippen LogP contribution in [-0.2, 0) is 14.9 Å². The van der Waals surface area contributed by atoms with E-state index in [1.54, 1.807) is 7.11 Å². The van der Waals surface area contributed by atoms with Gasteiger partial charge >= 0.3 is 0 Å². The van der Waals surface area contributed by atoms with Gasteiger partial charge in [0.2, 0.25) is 5.91 Å². The summed E-state index contributed by atoms with van der Waals surface area (Å²) in [6.07, 6.45) is 3.02. The first-order valence-corrected chi connectivity index (χ1v) is 6.54. The highest BCUT2D eigenvalue weighted by Gasteiger charge is 2.45. The molecule has 0 heterocycles. The minimum Gasteiger partial charge on any atom is -0.383 e. The van der Waals surface area contributed by atoms with Crippen LogP contribution in [0.25, 0.3) is 0 Å². The van der Waals surface area contributed by atoms with Crippen LogP contribution in [-0.4, -0.2) is 25.7 Å². The third-order valence-electron chi connectivity index (χ3n) is 3.76. The molecule has 98 valence electrons. The highest BCUT2D eigenvalue weighted by Crippen LogP contribution is 2.43. The molecule has 0 spiro atoms. The van der Waals surface area contributed by atoms with Gasteiger partial charge in [-0.3, -0.25) is 4.79 Å². The first kappa shape index (κ1) is 13.1. The predicted octanol–water partition coefficient (Wildman–Crippen LogP) is 2.26. The first-order valence-electron chi connectivity index (χ1n) is 6.54. The second-order valence-electron chi connectivity index (χ2n) is 5.13. The minimum atomic E-state index is -0.302. The number of rotatable bonds is 5. The van der Waals surface area contributed by atoms with E-state index in [2.05, 4.69) is 17.4 Å². The molecule has 1 aliphatic rings. The predicted molar refractivity (Wildman–Crippen MR) is 71.5 cm³/mol. The lowest BCUT2D eigenvalue weighted by Crippen LogP contribution is -2.52. The molecule has 0 radical (unpaired) electrons. The summed E-state index contributed by atoms with van der Waals surface area (Å²) in [5.41, 5.74) is 0.835. The fourth-order valence-electron chi connectivity index (χ4n) is 2.59. The average molecular weight is 247 g/mol. The number of carbonyl (C=O) groups is 1. The van der Waals surface area contributed by atoms with Gasteiger partial charge in [0, 0.05) is 13.2 Å². The molecule has 3 heteroatoms. The van der Waals surface area contributed by atoms with Crippen molar-refractivity contribution < 1.29 is 9.53 Å². The maximum Gasteiger partial charge on any atom is 0.230 e. The number of amides is 1. The van der Waals surface area contributed by atoms with Crippen LogP contribution in [0.3, 0.4) is 0 Å². The molecule has 2 rings (SSSR count). The lowest BCUT2D eigenvalue weighted by atomic mass is 9.63. The van der Waals surface area contributed by atoms with Crippen molar-refractivity contribution >= 4 is 5.91 Å². The van der Waals surface area contributed by atoms with Gasteiger partial charge in [0.1, 0.15) is 0 Å². The van der Waals surface area contributed by atoms with Gasteiger partial charge in [0.15, 0.2) is 0 Å². The Hall–Kier alpha value is -1.35. The molecule has 1 unspecified atom stereocenters. The summed E-state index contributed by atoms with van der Waals surface area (Å²) in [5, 5.41) is 3.06. The summed E-state index contributed by atoms with van der Waals surface area (Å²) >= 11 is 0. The van der Waals surface area contributed by atoms with Gasteiger partial charge in [0.05, 0.1) is 12.0 Å². The molecule has 1 atom stereocenters. The van der Waals surface area contributed by atoms with Crippen LogP contribution in [0.2, 0.25) is 0 Å². The maximum atomic E-state index is 12.5. The zero-order chi connectivity index (χ0) is 13.0. The Labute approximate surface area is 109 Å². The SMILES string of the molecule is COCC(C)NC(=O)C1(c2ccccc2)CCC1. The summed E-state index contributed by atoms with van der Waals surface area (Å²) in [5.74, 6) is 0.143. The maximum absolute atomic E-state index is 12.5. The Morgan fingerprint density at radius 2 is 2.06 bits per heavy atom. The van der Waals surface area contributed by atoms with Gasteiger partial charge in [-0.15, -0.1) is 0 Å². The molecule has 0 aromatic heterocycles. The molecule has 1 N–H and O–H groups in total. The van der Waals surface area contributed by atoms with E-state index < -0.39 is 0 Å². The summed E-state index contributed by atoms with van der Waals surface area (Å²) in [7, 11) is 1.65. The van der Waals surface area contributed by atoms with Gasteiger partial charge in [0.25, 0.3) is 0 Å². The van der Waals surface area contributed by atoms with Gasteiger partial charge in [-0.25, -0.2) is 0 Å². The minimum absolute atomic E-state index is 0.0590. The largest absolute Gasteiger partial charge is 0.383 e. The quantitative estimate of drug-likeness (QED) is 0.866. The van der Waals surface area contributed by atoms with Crippen molar-refractivity contribution in [2.45, 2.75) is 37.6 Å². The van der Waals surface area contributed by atoms with E-state index in [4.69, 9.17) is 4.74 Å². The number of ether oxygens (including phenoxy) is 1. The van der Waals surface area contributed by atoms with Gasteiger partial charge in [-0.2, -0.15) is 0 Å². The monoisotopic (exact) mass is 247 g/mol. The van der Waals surface area contributed by atoms with E-state index in [1.807, 2.05) is 25.1 Å². The normalized spacial score (nSPS) is 18.8. The fourth-order valence-corrected chi connectivity index (χ4v) is 2.59. The van der Waals surface area contributed by atoms with Crippen molar-refractivity contribution in [2.75, 3.05) is 13.7 Å². The van der Waals surface area contributed by atoms with Crippen LogP contribution >= 0.6 is 0 Å². The van der Waals surface area contributed by atoms with Crippen molar-refractivity contribution in [1.82, 2.24) is 5.32 Å². The van der Waals surface area contributed by atoms with Crippen LogP contribution in [0.1, 0.15) is 31.7 Å². The van der Waals surface area contributed by atoms with E-state index in [0.29, 0.717) is 6.61 Å². The second-order valence-corrected chi connectivity index (χ2v) is 5.13. The molecule has 18 heavy (non-hydrogen) atoms. The molecule has 1 saturated carbocycles. The Bertz CT molecular complexity index is 398. The van der Waals surface area contributed by atoms with Crippen LogP contribution in [0.5, 0.6) is 0 Å². The smallest absolute Gasteiger partial charge is 0.230 e. The number of carbonyl (C=O) groups excluding carboxylic acids is 1. The molecule has 0 saturated heterocycles. The van der Waals surface area contributed by atoms with E-state index in [0.717, 1.165) is 24.8 Å². The van der Waals surface area contributed by atoms with Crippen molar-refractivity contribution in [3.8, 4) is 0 Å². The van der Waals surface area contributed by atoms with Crippen LogP contribution in [0, 0.1) is 0 Å². The molecule has 3 nitrogen and oxygen atoms in total. The molecule has 1 aromatic carbocycles. The average Bonchev–Trinajstić information content (AvgIpc) is 2.29. The highest BCUT2D eigenvalue weighted by atomic mass is 16.5. The molecular weight excluding hydrogens is 226 g/mol. The third-order valence-corrected chi connectivity index (χ3v) is 3.76. The molecule has 0 aliphatic heterocycles. The highest BCUT2D eigenvalue weighted by molar-refractivity contribution is 5.89. The molecular formula is C15H21NO2. The Kier molecular flexibility index (Phi) is 4.02. The zero-order valence-corrected chi connectivity index (χ0v) is 11.1. The van der Waals surface area contributed by atoms with Crippen molar-refractivity contribution in [3.63, 3.8) is 0 Å². The number of nitrogens with one attached hydrogen (secondary N) is 1. The topological polar surface area (TPSA) is 38.3 Å². The Morgan fingerprint density at radius 1 is 1.39 bits per heavy atom. The summed E-state index contributed by atoms with van der Waals surface area (Å²) < 4.78 is 5.06. The third kappa shape index (κ3) is 2.41. The van der Waals surface area contributed by atoms with E-state index in [1.165, 1.54) is 0 Å². The fraction of sp³-hybridized carbons (Fsp3) is 0.533. The Morgan fingerprint density at radius 3 is 2.56 bits per heavy atom. The number of hydrogen-bond donors (Lipinski definition) is 1. The van der Waals surface area contributed by atoms with Crippen molar-refractivity contribution in [3.05, 3.63) is 35.9 Å². The summed E-state index contributed by atoms with van der Waals surface area (Å²) in [6.45, 7) is 2.52. The van der Waals surface area contributed by atoms with Gasteiger partial charge < -0.3 is 10.1 Å². The van der Waals surface area contributed by atoms with Crippen LogP contribution in [0.15, 0.2) is 30.3 Å². The first-order chi connectivity index (χ1) is 8.69. The lowest BCUT2D eigenvalue weighted by molar-refractivity contribution is -0.130. The van der Waals surface area contributed by atoms with Crippen LogP contribution < -0.4 is 5.32 Å². The molecule has 1 aliphatic carbocycles. The molecule has 0 bridgehead atoms. The van der Waals surface area contributed by atoms with Crippen molar-refractivity contribution in [2.24, 2.45) is 0 Å². The van der Waals surface area contributed by atoms with E-state index in [-0.39, 0.29) is 17.4 Å². The standard InChI is InChI=1S/C15H21NO2/c1-12(11-18-2)16-14(17)15(9-6-10-15)13-7-4-3-5-8-13/h3-5,7-8,12H,6,9-11H2,1-2H3,(H,16,17). The Balaban J connectivity index is 2.11. The number of methoxy groups -OCH3 is 1. The lowest BCUT2D eigenvalue weighted by Gasteiger charge is -2.41. The van der Waals surface area contributed by atoms with Crippen molar-refractivity contribution in [1.29, 1.82) is 0 Å². The molecule has 1 aromatic rings. The summed E-state index contributed by atoms with van der Waals surface area (Å²) in [4.78, 5) is 12.5. The number of benzene rings is 1. The zero-order valence-electron chi connectivity index (χ0n) is 11.1. The number of hydrogen-bond acceptors (Lipinski definition) is 2.